The number of carboxylic acids is 1. The van der Waals surface area contributed by atoms with Crippen LogP contribution in [0.1, 0.15) is 18.5 Å². The fourth-order valence-electron chi connectivity index (χ4n) is 2.53. The minimum Gasteiger partial charge on any atom is -0.481 e. The molecule has 3 N–H and O–H groups in total. The molecule has 0 unspecified atom stereocenters. The Labute approximate surface area is 150 Å². The van der Waals surface area contributed by atoms with Crippen LogP contribution in [0.4, 0.5) is 0 Å². The quantitative estimate of drug-likeness (QED) is 0.714. The minimum atomic E-state index is -3.79. The predicted molar refractivity (Wildman–Crippen MR) is 96.4 cm³/mol. The van der Waals surface area contributed by atoms with Gasteiger partial charge < -0.3 is 5.11 Å². The van der Waals surface area contributed by atoms with E-state index in [0.717, 1.165) is 5.56 Å². The number of benzene rings is 2. The third kappa shape index (κ3) is 3.51. The van der Waals surface area contributed by atoms with Gasteiger partial charge in [0.15, 0.2) is 0 Å². The summed E-state index contributed by atoms with van der Waals surface area (Å²) in [5.74, 6) is -1.75. The predicted octanol–water partition coefficient (Wildman–Crippen LogP) is 2.37. The van der Waals surface area contributed by atoms with Crippen LogP contribution in [0.2, 0.25) is 0 Å². The number of aliphatic carboxylic acids is 1. The summed E-state index contributed by atoms with van der Waals surface area (Å²) in [6.07, 6.45) is 0. The zero-order chi connectivity index (χ0) is 18.9. The lowest BCUT2D eigenvalue weighted by atomic mass is 10.1. The van der Waals surface area contributed by atoms with Crippen LogP contribution in [0.25, 0.3) is 16.9 Å². The molecule has 0 aliphatic carbocycles. The highest BCUT2D eigenvalue weighted by Crippen LogP contribution is 2.27. The average molecular weight is 371 g/mol. The Morgan fingerprint density at radius 2 is 1.73 bits per heavy atom. The summed E-state index contributed by atoms with van der Waals surface area (Å²) in [7, 11) is -3.79. The van der Waals surface area contributed by atoms with Crippen molar-refractivity contribution >= 4 is 16.0 Å². The van der Waals surface area contributed by atoms with Gasteiger partial charge >= 0.3 is 5.97 Å². The van der Waals surface area contributed by atoms with Gasteiger partial charge in [-0.05, 0) is 37.3 Å². The molecule has 0 amide bonds. The summed E-state index contributed by atoms with van der Waals surface area (Å²) in [6.45, 7) is 1.56. The third-order valence-corrected chi connectivity index (χ3v) is 4.95. The number of nitrogens with zero attached hydrogens (tertiary/aromatic N) is 2. The summed E-state index contributed by atoms with van der Waals surface area (Å²) in [4.78, 5) is 11.3. The van der Waals surface area contributed by atoms with E-state index in [1.54, 1.807) is 29.8 Å². The molecule has 26 heavy (non-hydrogen) atoms. The van der Waals surface area contributed by atoms with Crippen molar-refractivity contribution in [1.82, 2.24) is 9.78 Å². The Morgan fingerprint density at radius 3 is 2.27 bits per heavy atom. The van der Waals surface area contributed by atoms with Crippen LogP contribution >= 0.6 is 0 Å². The first kappa shape index (κ1) is 17.8. The number of sulfonamides is 1. The van der Waals surface area contributed by atoms with Crippen LogP contribution < -0.4 is 5.14 Å². The highest BCUT2D eigenvalue weighted by atomic mass is 32.2. The van der Waals surface area contributed by atoms with Crippen LogP contribution in [0.5, 0.6) is 0 Å². The van der Waals surface area contributed by atoms with E-state index in [4.69, 9.17) is 5.14 Å². The fraction of sp³-hybridized carbons (Fsp3) is 0.111. The maximum Gasteiger partial charge on any atom is 0.312 e. The van der Waals surface area contributed by atoms with Crippen molar-refractivity contribution in [3.8, 4) is 16.9 Å². The maximum absolute atomic E-state index is 11.4. The average Bonchev–Trinajstić information content (AvgIpc) is 3.06. The molecule has 7 nitrogen and oxygen atoms in total. The van der Waals surface area contributed by atoms with Gasteiger partial charge in [0, 0.05) is 5.56 Å². The first-order chi connectivity index (χ1) is 12.3. The fourth-order valence-corrected chi connectivity index (χ4v) is 3.04. The van der Waals surface area contributed by atoms with E-state index in [0.29, 0.717) is 17.1 Å². The van der Waals surface area contributed by atoms with Crippen molar-refractivity contribution in [3.05, 3.63) is 66.4 Å². The lowest BCUT2D eigenvalue weighted by molar-refractivity contribution is -0.138. The lowest BCUT2D eigenvalue weighted by Crippen LogP contribution is -2.12. The molecule has 0 spiro atoms. The molecule has 0 aliphatic rings. The zero-order valence-corrected chi connectivity index (χ0v) is 14.7. The van der Waals surface area contributed by atoms with Gasteiger partial charge in [0.05, 0.1) is 27.9 Å². The second-order valence-electron chi connectivity index (χ2n) is 5.83. The number of nitrogens with two attached hydrogens (primary N) is 1. The SMILES string of the molecule is C[C@H](C(=O)O)c1cc(-c2ccccc2)n(-c2ccc(S(N)(=O)=O)cc2)n1. The van der Waals surface area contributed by atoms with Gasteiger partial charge in [0.25, 0.3) is 0 Å². The van der Waals surface area contributed by atoms with Crippen molar-refractivity contribution in [1.29, 1.82) is 0 Å². The molecule has 1 heterocycles. The van der Waals surface area contributed by atoms with Crippen molar-refractivity contribution < 1.29 is 18.3 Å². The Balaban J connectivity index is 2.14. The van der Waals surface area contributed by atoms with E-state index in [-0.39, 0.29) is 4.90 Å². The molecule has 0 radical (unpaired) electrons. The second kappa shape index (κ2) is 6.74. The topological polar surface area (TPSA) is 115 Å². The molecule has 0 fully saturated rings. The van der Waals surface area contributed by atoms with E-state index in [9.17, 15) is 18.3 Å². The Kier molecular flexibility index (Phi) is 4.62. The van der Waals surface area contributed by atoms with Crippen LogP contribution in [0, 0.1) is 0 Å². The molecule has 0 bridgehead atoms. The molecule has 0 aliphatic heterocycles. The Morgan fingerprint density at radius 1 is 1.12 bits per heavy atom. The minimum absolute atomic E-state index is 0.00575. The highest BCUT2D eigenvalue weighted by molar-refractivity contribution is 7.89. The smallest absolute Gasteiger partial charge is 0.312 e. The van der Waals surface area contributed by atoms with Crippen LogP contribution in [-0.4, -0.2) is 29.3 Å². The van der Waals surface area contributed by atoms with Crippen molar-refractivity contribution in [2.24, 2.45) is 5.14 Å². The monoisotopic (exact) mass is 371 g/mol. The summed E-state index contributed by atoms with van der Waals surface area (Å²) < 4.78 is 24.4. The summed E-state index contributed by atoms with van der Waals surface area (Å²) >= 11 is 0. The zero-order valence-electron chi connectivity index (χ0n) is 13.9. The van der Waals surface area contributed by atoms with Crippen LogP contribution in [-0.2, 0) is 14.8 Å². The highest BCUT2D eigenvalue weighted by Gasteiger charge is 2.21. The van der Waals surface area contributed by atoms with Gasteiger partial charge in [-0.25, -0.2) is 18.2 Å². The Hall–Kier alpha value is -2.97. The number of carboxylic acid groups (broad SMARTS) is 1. The molecule has 0 saturated heterocycles. The first-order valence-electron chi connectivity index (χ1n) is 7.79. The second-order valence-corrected chi connectivity index (χ2v) is 7.39. The van der Waals surface area contributed by atoms with Crippen molar-refractivity contribution in [2.75, 3.05) is 0 Å². The van der Waals surface area contributed by atoms with E-state index in [1.807, 2.05) is 30.3 Å². The van der Waals surface area contributed by atoms with Gasteiger partial charge in [-0.3, -0.25) is 4.79 Å². The molecule has 2 aromatic carbocycles. The maximum atomic E-state index is 11.4. The van der Waals surface area contributed by atoms with Gasteiger partial charge in [0.2, 0.25) is 10.0 Å². The largest absolute Gasteiger partial charge is 0.481 e. The van der Waals surface area contributed by atoms with E-state index in [1.165, 1.54) is 12.1 Å². The molecular weight excluding hydrogens is 354 g/mol. The number of carbonyl (C=O) groups is 1. The number of rotatable bonds is 5. The van der Waals surface area contributed by atoms with Crippen LogP contribution in [0.3, 0.4) is 0 Å². The van der Waals surface area contributed by atoms with E-state index < -0.39 is 21.9 Å². The standard InChI is InChI=1S/C18H17N3O4S/c1-12(18(22)23)16-11-17(13-5-3-2-4-6-13)21(20-16)14-7-9-15(10-8-14)26(19,24)25/h2-12H,1H3,(H,22,23)(H2,19,24,25)/t12-/m0/s1. The van der Waals surface area contributed by atoms with E-state index in [2.05, 4.69) is 5.10 Å². The molecule has 3 rings (SSSR count). The molecule has 3 aromatic rings. The van der Waals surface area contributed by atoms with Crippen molar-refractivity contribution in [3.63, 3.8) is 0 Å². The molecule has 0 saturated carbocycles. The van der Waals surface area contributed by atoms with E-state index >= 15 is 0 Å². The molecule has 134 valence electrons. The lowest BCUT2D eigenvalue weighted by Gasteiger charge is -2.08. The molecular formula is C18H17N3O4S. The summed E-state index contributed by atoms with van der Waals surface area (Å²) in [5, 5.41) is 18.8. The first-order valence-corrected chi connectivity index (χ1v) is 9.33. The normalized spacial score (nSPS) is 12.7. The van der Waals surface area contributed by atoms with Gasteiger partial charge in [-0.2, -0.15) is 5.10 Å². The number of primary sulfonamides is 1. The summed E-state index contributed by atoms with van der Waals surface area (Å²) in [5.41, 5.74) is 2.57. The summed E-state index contributed by atoms with van der Waals surface area (Å²) in [6, 6.07) is 17.1. The number of hydrogen-bond acceptors (Lipinski definition) is 4. The van der Waals surface area contributed by atoms with Gasteiger partial charge in [0.1, 0.15) is 0 Å². The number of aromatic nitrogens is 2. The third-order valence-electron chi connectivity index (χ3n) is 4.02. The molecule has 8 heteroatoms. The van der Waals surface area contributed by atoms with Gasteiger partial charge in [-0.1, -0.05) is 30.3 Å². The molecule has 1 aromatic heterocycles. The van der Waals surface area contributed by atoms with Crippen LogP contribution in [0.15, 0.2) is 65.6 Å². The Bertz CT molecular complexity index is 1040. The van der Waals surface area contributed by atoms with Crippen molar-refractivity contribution in [2.45, 2.75) is 17.7 Å². The molecule has 1 atom stereocenters. The van der Waals surface area contributed by atoms with Gasteiger partial charge in [-0.15, -0.1) is 0 Å². The number of hydrogen-bond donors (Lipinski definition) is 2.